The molecule has 2 rings (SSSR count). The van der Waals surface area contributed by atoms with Crippen molar-refractivity contribution in [2.24, 2.45) is 0 Å². The highest BCUT2D eigenvalue weighted by atomic mass is 16.1. The first-order valence-corrected chi connectivity index (χ1v) is 7.43. The van der Waals surface area contributed by atoms with Gasteiger partial charge in [-0.05, 0) is 49.4 Å². The van der Waals surface area contributed by atoms with Gasteiger partial charge in [0.2, 0.25) is 5.91 Å². The van der Waals surface area contributed by atoms with Gasteiger partial charge in [0.05, 0.1) is 0 Å². The summed E-state index contributed by atoms with van der Waals surface area (Å²) < 4.78 is 0. The zero-order valence-corrected chi connectivity index (χ0v) is 13.1. The van der Waals surface area contributed by atoms with Crippen molar-refractivity contribution in [3.05, 3.63) is 70.3 Å². The number of hydrogen-bond acceptors (Lipinski definition) is 1. The molecule has 0 unspecified atom stereocenters. The maximum Gasteiger partial charge on any atom is 0.220 e. The minimum absolute atomic E-state index is 0.109. The molecule has 2 aromatic carbocycles. The van der Waals surface area contributed by atoms with Gasteiger partial charge < -0.3 is 5.32 Å². The summed E-state index contributed by atoms with van der Waals surface area (Å²) in [6, 6.07) is 14.5. The molecule has 1 N–H and O–H groups in total. The standard InChI is InChI=1S/C19H23NO/c1-14-8-9-17(16(3)12-14)10-11-19(21)20-13-18-7-5-4-6-15(18)2/h4-9,12H,10-11,13H2,1-3H3,(H,20,21). The highest BCUT2D eigenvalue weighted by Crippen LogP contribution is 2.12. The lowest BCUT2D eigenvalue weighted by molar-refractivity contribution is -0.121. The lowest BCUT2D eigenvalue weighted by Gasteiger charge is -2.09. The van der Waals surface area contributed by atoms with Crippen LogP contribution in [0.5, 0.6) is 0 Å². The van der Waals surface area contributed by atoms with Crippen molar-refractivity contribution in [2.75, 3.05) is 0 Å². The molecule has 0 saturated heterocycles. The molecule has 0 saturated carbocycles. The Morgan fingerprint density at radius 2 is 1.71 bits per heavy atom. The first-order chi connectivity index (χ1) is 10.1. The largest absolute Gasteiger partial charge is 0.352 e. The summed E-state index contributed by atoms with van der Waals surface area (Å²) in [5.41, 5.74) is 6.18. The molecule has 0 atom stereocenters. The Hall–Kier alpha value is -2.09. The lowest BCUT2D eigenvalue weighted by atomic mass is 10.0. The summed E-state index contributed by atoms with van der Waals surface area (Å²) in [6.07, 6.45) is 1.33. The molecule has 0 heterocycles. The van der Waals surface area contributed by atoms with E-state index in [1.165, 1.54) is 27.8 Å². The fourth-order valence-corrected chi connectivity index (χ4v) is 2.47. The second-order valence-corrected chi connectivity index (χ2v) is 5.63. The monoisotopic (exact) mass is 281 g/mol. The van der Waals surface area contributed by atoms with Gasteiger partial charge in [0.15, 0.2) is 0 Å². The molecular weight excluding hydrogens is 258 g/mol. The molecule has 110 valence electrons. The average molecular weight is 281 g/mol. The van der Waals surface area contributed by atoms with Crippen molar-refractivity contribution in [3.8, 4) is 0 Å². The zero-order chi connectivity index (χ0) is 15.2. The molecule has 1 amide bonds. The van der Waals surface area contributed by atoms with Crippen molar-refractivity contribution in [1.29, 1.82) is 0 Å². The summed E-state index contributed by atoms with van der Waals surface area (Å²) in [6.45, 7) is 6.87. The van der Waals surface area contributed by atoms with Crippen LogP contribution in [0.3, 0.4) is 0 Å². The number of rotatable bonds is 5. The number of hydrogen-bond donors (Lipinski definition) is 1. The van der Waals surface area contributed by atoms with Crippen LogP contribution in [0.4, 0.5) is 0 Å². The lowest BCUT2D eigenvalue weighted by Crippen LogP contribution is -2.23. The number of nitrogens with one attached hydrogen (secondary N) is 1. The van der Waals surface area contributed by atoms with Gasteiger partial charge in [0.25, 0.3) is 0 Å². The van der Waals surface area contributed by atoms with Crippen molar-refractivity contribution < 1.29 is 4.79 Å². The van der Waals surface area contributed by atoms with E-state index in [4.69, 9.17) is 0 Å². The third-order valence-corrected chi connectivity index (χ3v) is 3.86. The third-order valence-electron chi connectivity index (χ3n) is 3.86. The molecule has 21 heavy (non-hydrogen) atoms. The third kappa shape index (κ3) is 4.45. The fraction of sp³-hybridized carbons (Fsp3) is 0.316. The normalized spacial score (nSPS) is 10.4. The molecule has 0 bridgehead atoms. The maximum atomic E-state index is 12.0. The van der Waals surface area contributed by atoms with Crippen LogP contribution >= 0.6 is 0 Å². The summed E-state index contributed by atoms with van der Waals surface area (Å²) >= 11 is 0. The van der Waals surface area contributed by atoms with E-state index in [9.17, 15) is 4.79 Å². The second kappa shape index (κ2) is 7.07. The predicted octanol–water partition coefficient (Wildman–Crippen LogP) is 3.86. The molecule has 0 spiro atoms. The van der Waals surface area contributed by atoms with Gasteiger partial charge in [-0.1, -0.05) is 48.0 Å². The number of aryl methyl sites for hydroxylation is 4. The Labute approximate surface area is 127 Å². The van der Waals surface area contributed by atoms with Gasteiger partial charge in [-0.3, -0.25) is 4.79 Å². The van der Waals surface area contributed by atoms with Crippen LogP contribution in [0.1, 0.15) is 34.2 Å². The highest BCUT2D eigenvalue weighted by Gasteiger charge is 2.05. The van der Waals surface area contributed by atoms with Crippen LogP contribution in [-0.4, -0.2) is 5.91 Å². The molecule has 0 aliphatic heterocycles. The van der Waals surface area contributed by atoms with E-state index in [0.29, 0.717) is 13.0 Å². The van der Waals surface area contributed by atoms with E-state index in [2.05, 4.69) is 56.4 Å². The van der Waals surface area contributed by atoms with Crippen molar-refractivity contribution in [2.45, 2.75) is 40.2 Å². The van der Waals surface area contributed by atoms with E-state index in [1.54, 1.807) is 0 Å². The molecule has 0 fully saturated rings. The molecule has 0 aliphatic rings. The number of benzene rings is 2. The van der Waals surface area contributed by atoms with E-state index >= 15 is 0 Å². The maximum absolute atomic E-state index is 12.0. The number of carbonyl (C=O) groups is 1. The van der Waals surface area contributed by atoms with Crippen LogP contribution in [-0.2, 0) is 17.8 Å². The second-order valence-electron chi connectivity index (χ2n) is 5.63. The Morgan fingerprint density at radius 3 is 2.43 bits per heavy atom. The summed E-state index contributed by atoms with van der Waals surface area (Å²) in [7, 11) is 0. The van der Waals surface area contributed by atoms with E-state index in [1.807, 2.05) is 12.1 Å². The SMILES string of the molecule is Cc1ccc(CCC(=O)NCc2ccccc2C)c(C)c1. The van der Waals surface area contributed by atoms with Gasteiger partial charge in [-0.25, -0.2) is 0 Å². The molecule has 2 nitrogen and oxygen atoms in total. The number of carbonyl (C=O) groups excluding carboxylic acids is 1. The minimum Gasteiger partial charge on any atom is -0.352 e. The van der Waals surface area contributed by atoms with Gasteiger partial charge in [0.1, 0.15) is 0 Å². The van der Waals surface area contributed by atoms with Crippen LogP contribution in [0.25, 0.3) is 0 Å². The average Bonchev–Trinajstić information content (AvgIpc) is 2.45. The molecule has 0 radical (unpaired) electrons. The van der Waals surface area contributed by atoms with E-state index in [0.717, 1.165) is 6.42 Å². The summed E-state index contributed by atoms with van der Waals surface area (Å²) in [5, 5.41) is 3.00. The smallest absolute Gasteiger partial charge is 0.220 e. The molecular formula is C19H23NO. The van der Waals surface area contributed by atoms with E-state index < -0.39 is 0 Å². The highest BCUT2D eigenvalue weighted by molar-refractivity contribution is 5.76. The quantitative estimate of drug-likeness (QED) is 0.886. The first kappa shape index (κ1) is 15.3. The van der Waals surface area contributed by atoms with Crippen molar-refractivity contribution in [3.63, 3.8) is 0 Å². The Kier molecular flexibility index (Phi) is 5.15. The first-order valence-electron chi connectivity index (χ1n) is 7.43. The van der Waals surface area contributed by atoms with Crippen molar-refractivity contribution >= 4 is 5.91 Å². The van der Waals surface area contributed by atoms with Crippen LogP contribution < -0.4 is 5.32 Å². The fourth-order valence-electron chi connectivity index (χ4n) is 2.47. The van der Waals surface area contributed by atoms with Crippen LogP contribution in [0, 0.1) is 20.8 Å². The van der Waals surface area contributed by atoms with Gasteiger partial charge in [-0.15, -0.1) is 0 Å². The Bertz CT molecular complexity index is 631. The number of amides is 1. The van der Waals surface area contributed by atoms with Crippen LogP contribution in [0.15, 0.2) is 42.5 Å². The summed E-state index contributed by atoms with van der Waals surface area (Å²) in [4.78, 5) is 12.0. The van der Waals surface area contributed by atoms with E-state index in [-0.39, 0.29) is 5.91 Å². The zero-order valence-electron chi connectivity index (χ0n) is 13.1. The van der Waals surface area contributed by atoms with Gasteiger partial charge in [0, 0.05) is 13.0 Å². The topological polar surface area (TPSA) is 29.1 Å². The molecule has 0 aromatic heterocycles. The minimum atomic E-state index is 0.109. The van der Waals surface area contributed by atoms with Gasteiger partial charge in [-0.2, -0.15) is 0 Å². The van der Waals surface area contributed by atoms with Gasteiger partial charge >= 0.3 is 0 Å². The molecule has 0 aliphatic carbocycles. The molecule has 2 aromatic rings. The van der Waals surface area contributed by atoms with Crippen LogP contribution in [0.2, 0.25) is 0 Å². The Morgan fingerprint density at radius 1 is 0.952 bits per heavy atom. The molecule has 2 heteroatoms. The summed E-state index contributed by atoms with van der Waals surface area (Å²) in [5.74, 6) is 0.109. The Balaban J connectivity index is 1.84. The van der Waals surface area contributed by atoms with Crippen molar-refractivity contribution in [1.82, 2.24) is 5.32 Å². The predicted molar refractivity (Wildman–Crippen MR) is 87.3 cm³/mol.